The van der Waals surface area contributed by atoms with Gasteiger partial charge in [-0.2, -0.15) is 0 Å². The van der Waals surface area contributed by atoms with E-state index in [-0.39, 0.29) is 0 Å². The molecule has 1 aromatic rings. The van der Waals surface area contributed by atoms with Crippen molar-refractivity contribution in [1.82, 2.24) is 10.3 Å². The topological polar surface area (TPSA) is 24.9 Å². The van der Waals surface area contributed by atoms with Crippen LogP contribution in [0.1, 0.15) is 43.2 Å². The first kappa shape index (κ1) is 10.6. The first-order valence-electron chi connectivity index (χ1n) is 5.98. The lowest BCUT2D eigenvalue weighted by atomic mass is 9.95. The smallest absolute Gasteiger partial charge is 0.0313 e. The van der Waals surface area contributed by atoms with E-state index in [0.717, 1.165) is 12.6 Å². The molecule has 1 aliphatic rings. The van der Waals surface area contributed by atoms with Gasteiger partial charge in [0.25, 0.3) is 0 Å². The average molecular weight is 204 g/mol. The van der Waals surface area contributed by atoms with E-state index in [1.807, 2.05) is 12.4 Å². The Bertz CT molecular complexity index is 303. The predicted molar refractivity (Wildman–Crippen MR) is 62.7 cm³/mol. The van der Waals surface area contributed by atoms with Crippen LogP contribution in [0, 0.1) is 6.92 Å². The van der Waals surface area contributed by atoms with Gasteiger partial charge in [-0.05, 0) is 30.9 Å². The first-order valence-corrected chi connectivity index (χ1v) is 5.98. The van der Waals surface area contributed by atoms with Crippen molar-refractivity contribution in [3.05, 3.63) is 29.6 Å². The lowest BCUT2D eigenvalue weighted by molar-refractivity contribution is 0.372. The predicted octanol–water partition coefficient (Wildman–Crippen LogP) is 2.81. The number of aryl methyl sites for hydroxylation is 1. The number of rotatable bonds is 3. The minimum absolute atomic E-state index is 0.735. The zero-order chi connectivity index (χ0) is 10.5. The van der Waals surface area contributed by atoms with Gasteiger partial charge in [0.1, 0.15) is 0 Å². The third-order valence-corrected chi connectivity index (χ3v) is 3.13. The fraction of sp³-hybridized carbons (Fsp3) is 0.615. The summed E-state index contributed by atoms with van der Waals surface area (Å²) in [4.78, 5) is 4.21. The van der Waals surface area contributed by atoms with E-state index < -0.39 is 0 Å². The molecule has 0 bridgehead atoms. The average Bonchev–Trinajstić information content (AvgIpc) is 2.28. The summed E-state index contributed by atoms with van der Waals surface area (Å²) in [6.07, 6.45) is 10.8. The quantitative estimate of drug-likeness (QED) is 0.819. The van der Waals surface area contributed by atoms with E-state index in [2.05, 4.69) is 23.3 Å². The van der Waals surface area contributed by atoms with Gasteiger partial charge in [0.15, 0.2) is 0 Å². The second-order valence-corrected chi connectivity index (χ2v) is 4.59. The van der Waals surface area contributed by atoms with Gasteiger partial charge in [-0.15, -0.1) is 0 Å². The van der Waals surface area contributed by atoms with Crippen LogP contribution in [-0.2, 0) is 6.54 Å². The zero-order valence-electron chi connectivity index (χ0n) is 9.50. The number of pyridine rings is 1. The van der Waals surface area contributed by atoms with Gasteiger partial charge in [-0.25, -0.2) is 0 Å². The van der Waals surface area contributed by atoms with Crippen molar-refractivity contribution in [2.24, 2.45) is 0 Å². The van der Waals surface area contributed by atoms with Gasteiger partial charge in [0.2, 0.25) is 0 Å². The molecule has 0 amide bonds. The monoisotopic (exact) mass is 204 g/mol. The van der Waals surface area contributed by atoms with E-state index in [1.165, 1.54) is 43.2 Å². The standard InChI is InChI=1S/C13H20N2/c1-11-7-12(9-14-8-11)10-15-13-5-3-2-4-6-13/h7-9,13,15H,2-6,10H2,1H3. The van der Waals surface area contributed by atoms with Gasteiger partial charge in [-0.3, -0.25) is 4.98 Å². The molecule has 0 saturated heterocycles. The molecule has 1 N–H and O–H groups in total. The summed E-state index contributed by atoms with van der Waals surface area (Å²) in [5.74, 6) is 0. The second-order valence-electron chi connectivity index (χ2n) is 4.59. The fourth-order valence-electron chi connectivity index (χ4n) is 2.28. The molecule has 2 nitrogen and oxygen atoms in total. The van der Waals surface area contributed by atoms with Crippen molar-refractivity contribution in [2.45, 2.75) is 51.6 Å². The maximum Gasteiger partial charge on any atom is 0.0313 e. The summed E-state index contributed by atoms with van der Waals surface area (Å²) in [5.41, 5.74) is 2.55. The van der Waals surface area contributed by atoms with Crippen molar-refractivity contribution in [1.29, 1.82) is 0 Å². The lowest BCUT2D eigenvalue weighted by Gasteiger charge is -2.22. The molecule has 1 fully saturated rings. The third-order valence-electron chi connectivity index (χ3n) is 3.13. The number of hydrogen-bond acceptors (Lipinski definition) is 2. The molecule has 15 heavy (non-hydrogen) atoms. The minimum atomic E-state index is 0.735. The molecule has 2 rings (SSSR count). The lowest BCUT2D eigenvalue weighted by Crippen LogP contribution is -2.30. The van der Waals surface area contributed by atoms with Crippen molar-refractivity contribution >= 4 is 0 Å². The molecule has 82 valence electrons. The molecule has 1 aliphatic carbocycles. The normalized spacial score (nSPS) is 17.9. The largest absolute Gasteiger partial charge is 0.310 e. The summed E-state index contributed by atoms with van der Waals surface area (Å²) in [6, 6.07) is 2.95. The summed E-state index contributed by atoms with van der Waals surface area (Å²) in [5, 5.41) is 3.63. The van der Waals surface area contributed by atoms with Crippen LogP contribution in [0.15, 0.2) is 18.5 Å². The van der Waals surface area contributed by atoms with E-state index in [0.29, 0.717) is 0 Å². The molecule has 2 heteroatoms. The molecular weight excluding hydrogens is 184 g/mol. The van der Waals surface area contributed by atoms with Crippen molar-refractivity contribution in [3.8, 4) is 0 Å². The van der Waals surface area contributed by atoms with Gasteiger partial charge in [0, 0.05) is 25.0 Å². The molecule has 0 unspecified atom stereocenters. The summed E-state index contributed by atoms with van der Waals surface area (Å²) in [7, 11) is 0. The summed E-state index contributed by atoms with van der Waals surface area (Å²) < 4.78 is 0. The van der Waals surface area contributed by atoms with Crippen molar-refractivity contribution in [3.63, 3.8) is 0 Å². The molecule has 1 aromatic heterocycles. The molecular formula is C13H20N2. The van der Waals surface area contributed by atoms with E-state index >= 15 is 0 Å². The highest BCUT2D eigenvalue weighted by atomic mass is 14.9. The first-order chi connectivity index (χ1) is 7.34. The molecule has 1 saturated carbocycles. The van der Waals surface area contributed by atoms with Crippen LogP contribution in [-0.4, -0.2) is 11.0 Å². The Morgan fingerprint density at radius 2 is 2.07 bits per heavy atom. The van der Waals surface area contributed by atoms with E-state index in [1.54, 1.807) is 0 Å². The van der Waals surface area contributed by atoms with Crippen LogP contribution >= 0.6 is 0 Å². The zero-order valence-corrected chi connectivity index (χ0v) is 9.50. The SMILES string of the molecule is Cc1cncc(CNC2CCCCC2)c1. The van der Waals surface area contributed by atoms with Crippen LogP contribution < -0.4 is 5.32 Å². The molecule has 0 aromatic carbocycles. The number of hydrogen-bond donors (Lipinski definition) is 1. The van der Waals surface area contributed by atoms with Crippen molar-refractivity contribution < 1.29 is 0 Å². The van der Waals surface area contributed by atoms with Gasteiger partial charge < -0.3 is 5.32 Å². The number of nitrogens with one attached hydrogen (secondary N) is 1. The molecule has 1 heterocycles. The number of aromatic nitrogens is 1. The Morgan fingerprint density at radius 3 is 2.80 bits per heavy atom. The fourth-order valence-corrected chi connectivity index (χ4v) is 2.28. The molecule has 0 aliphatic heterocycles. The van der Waals surface area contributed by atoms with Gasteiger partial charge >= 0.3 is 0 Å². The van der Waals surface area contributed by atoms with Crippen molar-refractivity contribution in [2.75, 3.05) is 0 Å². The van der Waals surface area contributed by atoms with Crippen LogP contribution in [0.5, 0.6) is 0 Å². The van der Waals surface area contributed by atoms with Crippen LogP contribution in [0.25, 0.3) is 0 Å². The molecule has 0 atom stereocenters. The van der Waals surface area contributed by atoms with Crippen LogP contribution in [0.2, 0.25) is 0 Å². The van der Waals surface area contributed by atoms with Gasteiger partial charge in [0.05, 0.1) is 0 Å². The summed E-state index contributed by atoms with van der Waals surface area (Å²) in [6.45, 7) is 3.07. The highest BCUT2D eigenvalue weighted by Crippen LogP contribution is 2.17. The second kappa shape index (κ2) is 5.26. The van der Waals surface area contributed by atoms with Crippen LogP contribution in [0.4, 0.5) is 0 Å². The Kier molecular flexibility index (Phi) is 3.73. The Hall–Kier alpha value is -0.890. The maximum atomic E-state index is 4.21. The Labute approximate surface area is 92.1 Å². The van der Waals surface area contributed by atoms with Crippen LogP contribution in [0.3, 0.4) is 0 Å². The molecule has 0 spiro atoms. The van der Waals surface area contributed by atoms with Gasteiger partial charge in [-0.1, -0.05) is 25.3 Å². The Balaban J connectivity index is 1.81. The number of nitrogens with zero attached hydrogens (tertiary/aromatic N) is 1. The highest BCUT2D eigenvalue weighted by molar-refractivity contribution is 5.16. The van der Waals surface area contributed by atoms with E-state index in [9.17, 15) is 0 Å². The minimum Gasteiger partial charge on any atom is -0.310 e. The Morgan fingerprint density at radius 1 is 1.27 bits per heavy atom. The highest BCUT2D eigenvalue weighted by Gasteiger charge is 2.12. The summed E-state index contributed by atoms with van der Waals surface area (Å²) >= 11 is 0. The van der Waals surface area contributed by atoms with E-state index in [4.69, 9.17) is 0 Å². The third kappa shape index (κ3) is 3.31. The molecule has 0 radical (unpaired) electrons. The maximum absolute atomic E-state index is 4.21.